The van der Waals surface area contributed by atoms with Crippen molar-refractivity contribution in [3.63, 3.8) is 0 Å². The number of nitrogens with one attached hydrogen (secondary N) is 1. The van der Waals surface area contributed by atoms with Crippen molar-refractivity contribution >= 4 is 5.69 Å². The van der Waals surface area contributed by atoms with Crippen molar-refractivity contribution in [3.8, 4) is 0 Å². The fraction of sp³-hybridized carbons (Fsp3) is 0.571. The zero-order chi connectivity index (χ0) is 12.3. The van der Waals surface area contributed by atoms with Crippen LogP contribution >= 0.6 is 0 Å². The molecule has 3 nitrogen and oxygen atoms in total. The van der Waals surface area contributed by atoms with Gasteiger partial charge in [0.25, 0.3) is 0 Å². The molecular weight excluding hydrogens is 212 g/mol. The average Bonchev–Trinajstić information content (AvgIpc) is 2.73. The van der Waals surface area contributed by atoms with Crippen LogP contribution in [0.1, 0.15) is 25.3 Å². The molecule has 0 spiro atoms. The Balaban J connectivity index is 2.00. The molecule has 0 saturated carbocycles. The number of rotatable bonds is 4. The zero-order valence-electron chi connectivity index (χ0n) is 10.6. The first-order valence-corrected chi connectivity index (χ1v) is 6.38. The molecule has 0 radical (unpaired) electrons. The van der Waals surface area contributed by atoms with E-state index < -0.39 is 0 Å². The van der Waals surface area contributed by atoms with Gasteiger partial charge in [0.05, 0.1) is 18.2 Å². The van der Waals surface area contributed by atoms with Gasteiger partial charge >= 0.3 is 0 Å². The van der Waals surface area contributed by atoms with Crippen molar-refractivity contribution in [2.24, 2.45) is 5.73 Å². The molecule has 3 atom stereocenters. The third-order valence-corrected chi connectivity index (χ3v) is 3.34. The Labute approximate surface area is 103 Å². The van der Waals surface area contributed by atoms with Gasteiger partial charge in [0.1, 0.15) is 0 Å². The van der Waals surface area contributed by atoms with Crippen LogP contribution in [0.3, 0.4) is 0 Å². The summed E-state index contributed by atoms with van der Waals surface area (Å²) < 4.78 is 5.87. The first-order valence-electron chi connectivity index (χ1n) is 6.38. The van der Waals surface area contributed by atoms with Gasteiger partial charge in [-0.15, -0.1) is 0 Å². The van der Waals surface area contributed by atoms with Gasteiger partial charge in [-0.05, 0) is 44.4 Å². The van der Waals surface area contributed by atoms with Gasteiger partial charge in [0.15, 0.2) is 0 Å². The van der Waals surface area contributed by atoms with Gasteiger partial charge in [-0.25, -0.2) is 0 Å². The van der Waals surface area contributed by atoms with Gasteiger partial charge in [-0.3, -0.25) is 0 Å². The molecule has 0 aliphatic carbocycles. The van der Waals surface area contributed by atoms with E-state index in [4.69, 9.17) is 10.5 Å². The van der Waals surface area contributed by atoms with E-state index in [0.29, 0.717) is 12.6 Å². The number of aryl methyl sites for hydroxylation is 1. The fourth-order valence-corrected chi connectivity index (χ4v) is 2.38. The summed E-state index contributed by atoms with van der Waals surface area (Å²) in [7, 11) is 0. The highest BCUT2D eigenvalue weighted by Gasteiger charge is 2.28. The molecule has 1 aliphatic rings. The number of hydrogen-bond acceptors (Lipinski definition) is 3. The molecule has 3 heteroatoms. The Morgan fingerprint density at radius 3 is 2.88 bits per heavy atom. The minimum atomic E-state index is 0.210. The first kappa shape index (κ1) is 12.4. The summed E-state index contributed by atoms with van der Waals surface area (Å²) in [4.78, 5) is 0. The van der Waals surface area contributed by atoms with E-state index in [1.807, 2.05) is 0 Å². The number of benzene rings is 1. The van der Waals surface area contributed by atoms with Crippen molar-refractivity contribution in [1.29, 1.82) is 0 Å². The summed E-state index contributed by atoms with van der Waals surface area (Å²) in [5, 5.41) is 3.48. The van der Waals surface area contributed by atoms with Crippen LogP contribution in [-0.4, -0.2) is 24.8 Å². The number of ether oxygens (including phenoxy) is 1. The molecule has 1 heterocycles. The SMILES string of the molecule is Cc1cccc(NC(CN)C2CCC(C)O2)c1. The third-order valence-electron chi connectivity index (χ3n) is 3.34. The molecule has 1 fully saturated rings. The van der Waals surface area contributed by atoms with Crippen LogP contribution in [0.15, 0.2) is 24.3 Å². The quantitative estimate of drug-likeness (QED) is 0.840. The van der Waals surface area contributed by atoms with Crippen LogP contribution in [0.2, 0.25) is 0 Å². The molecule has 0 bridgehead atoms. The molecule has 1 aromatic carbocycles. The van der Waals surface area contributed by atoms with Gasteiger partial charge in [0.2, 0.25) is 0 Å². The lowest BCUT2D eigenvalue weighted by Crippen LogP contribution is -2.40. The predicted molar refractivity (Wildman–Crippen MR) is 71.2 cm³/mol. The molecule has 94 valence electrons. The molecule has 0 amide bonds. The summed E-state index contributed by atoms with van der Waals surface area (Å²) in [6.45, 7) is 4.82. The Morgan fingerprint density at radius 1 is 1.47 bits per heavy atom. The topological polar surface area (TPSA) is 47.3 Å². The largest absolute Gasteiger partial charge is 0.378 e. The maximum Gasteiger partial charge on any atom is 0.0792 e. The monoisotopic (exact) mass is 234 g/mol. The second-order valence-corrected chi connectivity index (χ2v) is 4.92. The standard InChI is InChI=1S/C14H22N2O/c1-10-4-3-5-12(8-10)16-13(9-15)14-7-6-11(2)17-14/h3-5,8,11,13-14,16H,6-7,9,15H2,1-2H3. The summed E-state index contributed by atoms with van der Waals surface area (Å²) in [6.07, 6.45) is 2.85. The third kappa shape index (κ3) is 3.20. The lowest BCUT2D eigenvalue weighted by molar-refractivity contribution is 0.0460. The van der Waals surface area contributed by atoms with E-state index >= 15 is 0 Å². The lowest BCUT2D eigenvalue weighted by Gasteiger charge is -2.24. The van der Waals surface area contributed by atoms with Crippen molar-refractivity contribution < 1.29 is 4.74 Å². The summed E-state index contributed by atoms with van der Waals surface area (Å²) in [5.74, 6) is 0. The highest BCUT2D eigenvalue weighted by Crippen LogP contribution is 2.23. The van der Waals surface area contributed by atoms with Crippen LogP contribution in [0.4, 0.5) is 5.69 Å². The normalized spacial score (nSPS) is 25.8. The Bertz CT molecular complexity index is 367. The molecule has 1 saturated heterocycles. The minimum absolute atomic E-state index is 0.210. The molecule has 3 unspecified atom stereocenters. The van der Waals surface area contributed by atoms with Crippen LogP contribution in [0, 0.1) is 6.92 Å². The van der Waals surface area contributed by atoms with Crippen LogP contribution in [-0.2, 0) is 4.74 Å². The minimum Gasteiger partial charge on any atom is -0.378 e. The first-order chi connectivity index (χ1) is 8.19. The van der Waals surface area contributed by atoms with E-state index in [9.17, 15) is 0 Å². The van der Waals surface area contributed by atoms with Crippen LogP contribution in [0.5, 0.6) is 0 Å². The molecule has 1 aromatic rings. The van der Waals surface area contributed by atoms with E-state index in [1.54, 1.807) is 0 Å². The van der Waals surface area contributed by atoms with Crippen molar-refractivity contribution in [2.75, 3.05) is 11.9 Å². The molecular formula is C14H22N2O. The maximum atomic E-state index is 5.87. The molecule has 0 aromatic heterocycles. The predicted octanol–water partition coefficient (Wildman–Crippen LogP) is 2.30. The highest BCUT2D eigenvalue weighted by molar-refractivity contribution is 5.46. The van der Waals surface area contributed by atoms with Crippen LogP contribution < -0.4 is 11.1 Å². The summed E-state index contributed by atoms with van der Waals surface area (Å²) >= 11 is 0. The fourth-order valence-electron chi connectivity index (χ4n) is 2.38. The Morgan fingerprint density at radius 2 is 2.29 bits per heavy atom. The zero-order valence-corrected chi connectivity index (χ0v) is 10.6. The average molecular weight is 234 g/mol. The smallest absolute Gasteiger partial charge is 0.0792 e. The Kier molecular flexibility index (Phi) is 4.02. The second kappa shape index (κ2) is 5.52. The van der Waals surface area contributed by atoms with Crippen LogP contribution in [0.25, 0.3) is 0 Å². The molecule has 3 N–H and O–H groups in total. The van der Waals surface area contributed by atoms with Crippen molar-refractivity contribution in [2.45, 2.75) is 44.9 Å². The van der Waals surface area contributed by atoms with Gasteiger partial charge in [-0.2, -0.15) is 0 Å². The second-order valence-electron chi connectivity index (χ2n) is 4.92. The van der Waals surface area contributed by atoms with E-state index in [2.05, 4.69) is 43.4 Å². The molecule has 2 rings (SSSR count). The van der Waals surface area contributed by atoms with Crippen molar-refractivity contribution in [3.05, 3.63) is 29.8 Å². The van der Waals surface area contributed by atoms with E-state index in [1.165, 1.54) is 5.56 Å². The Hall–Kier alpha value is -1.06. The highest BCUT2D eigenvalue weighted by atomic mass is 16.5. The summed E-state index contributed by atoms with van der Waals surface area (Å²) in [6, 6.07) is 8.58. The lowest BCUT2D eigenvalue weighted by atomic mass is 10.1. The number of hydrogen-bond donors (Lipinski definition) is 2. The number of anilines is 1. The number of nitrogens with two attached hydrogens (primary N) is 1. The van der Waals surface area contributed by atoms with Gasteiger partial charge in [0, 0.05) is 12.2 Å². The van der Waals surface area contributed by atoms with Gasteiger partial charge < -0.3 is 15.8 Å². The molecule has 1 aliphatic heterocycles. The summed E-state index contributed by atoms with van der Waals surface area (Å²) in [5.41, 5.74) is 8.23. The van der Waals surface area contributed by atoms with Crippen molar-refractivity contribution in [1.82, 2.24) is 0 Å². The van der Waals surface area contributed by atoms with E-state index in [-0.39, 0.29) is 12.1 Å². The maximum absolute atomic E-state index is 5.87. The van der Waals surface area contributed by atoms with E-state index in [0.717, 1.165) is 18.5 Å². The van der Waals surface area contributed by atoms with Gasteiger partial charge in [-0.1, -0.05) is 12.1 Å². The molecule has 17 heavy (non-hydrogen) atoms.